The van der Waals surface area contributed by atoms with E-state index in [9.17, 15) is 4.79 Å². The molecule has 3 rings (SSSR count). The van der Waals surface area contributed by atoms with Crippen molar-refractivity contribution in [1.82, 2.24) is 9.88 Å². The number of benzene rings is 2. The Labute approximate surface area is 200 Å². The molecule has 0 bridgehead atoms. The van der Waals surface area contributed by atoms with Crippen molar-refractivity contribution in [3.63, 3.8) is 0 Å². The van der Waals surface area contributed by atoms with Crippen LogP contribution in [0.25, 0.3) is 0 Å². The lowest BCUT2D eigenvalue weighted by Gasteiger charge is -2.22. The summed E-state index contributed by atoms with van der Waals surface area (Å²) in [5, 5.41) is 3.60. The van der Waals surface area contributed by atoms with Crippen molar-refractivity contribution in [3.8, 4) is 0 Å². The van der Waals surface area contributed by atoms with Gasteiger partial charge < -0.3 is 5.32 Å². The molecule has 1 amide bonds. The molecule has 0 aliphatic carbocycles. The summed E-state index contributed by atoms with van der Waals surface area (Å²) in [6, 6.07) is 20.1. The molecule has 0 aliphatic rings. The van der Waals surface area contributed by atoms with Gasteiger partial charge in [0.05, 0.1) is 6.42 Å². The van der Waals surface area contributed by atoms with E-state index < -0.39 is 0 Å². The highest BCUT2D eigenvalue weighted by atomic mass is 35.5. The quantitative estimate of drug-likeness (QED) is 0.329. The lowest BCUT2D eigenvalue weighted by atomic mass is 10.1. The van der Waals surface area contributed by atoms with Crippen molar-refractivity contribution in [2.24, 2.45) is 0 Å². The van der Waals surface area contributed by atoms with Crippen LogP contribution in [0.5, 0.6) is 0 Å². The van der Waals surface area contributed by atoms with E-state index in [0.717, 1.165) is 48.0 Å². The van der Waals surface area contributed by atoms with Crippen molar-refractivity contribution < 1.29 is 4.79 Å². The Morgan fingerprint density at radius 3 is 2.53 bits per heavy atom. The first-order valence-electron chi connectivity index (χ1n) is 11.0. The molecule has 6 heteroatoms. The van der Waals surface area contributed by atoms with Gasteiger partial charge in [-0.15, -0.1) is 11.8 Å². The van der Waals surface area contributed by atoms with Crippen LogP contribution in [0.1, 0.15) is 37.1 Å². The largest absolute Gasteiger partial charge is 0.326 e. The zero-order chi connectivity index (χ0) is 22.8. The van der Waals surface area contributed by atoms with Crippen LogP contribution in [0.4, 0.5) is 5.69 Å². The summed E-state index contributed by atoms with van der Waals surface area (Å²) >= 11 is 8.31. The maximum absolute atomic E-state index is 12.4. The fraction of sp³-hybridized carbons (Fsp3) is 0.308. The van der Waals surface area contributed by atoms with Crippen molar-refractivity contribution in [2.75, 3.05) is 17.6 Å². The van der Waals surface area contributed by atoms with Crippen molar-refractivity contribution >= 4 is 35.0 Å². The van der Waals surface area contributed by atoms with Gasteiger partial charge in [-0.1, -0.05) is 61.8 Å². The number of pyridine rings is 1. The summed E-state index contributed by atoms with van der Waals surface area (Å²) in [6.45, 7) is 6.93. The van der Waals surface area contributed by atoms with Crippen LogP contribution in [0.2, 0.25) is 5.02 Å². The zero-order valence-corrected chi connectivity index (χ0v) is 20.3. The number of carbonyl (C=O) groups is 1. The highest BCUT2D eigenvalue weighted by molar-refractivity contribution is 7.99. The molecule has 1 heterocycles. The first-order valence-corrected chi connectivity index (χ1v) is 12.4. The summed E-state index contributed by atoms with van der Waals surface area (Å²) < 4.78 is 0. The average Bonchev–Trinajstić information content (AvgIpc) is 2.78. The Balaban J connectivity index is 1.59. The minimum atomic E-state index is -0.103. The van der Waals surface area contributed by atoms with E-state index in [-0.39, 0.29) is 12.3 Å². The van der Waals surface area contributed by atoms with Gasteiger partial charge in [0.15, 0.2) is 0 Å². The summed E-state index contributed by atoms with van der Waals surface area (Å²) in [7, 11) is 0. The maximum atomic E-state index is 12.4. The Morgan fingerprint density at radius 2 is 1.88 bits per heavy atom. The van der Waals surface area contributed by atoms with Crippen molar-refractivity contribution in [3.05, 3.63) is 88.7 Å². The number of hydrogen-bond donors (Lipinski definition) is 1. The van der Waals surface area contributed by atoms with Gasteiger partial charge in [0.1, 0.15) is 0 Å². The number of nitrogens with zero attached hydrogens (tertiary/aromatic N) is 2. The molecule has 0 aliphatic heterocycles. The molecule has 0 spiro atoms. The molecule has 168 valence electrons. The van der Waals surface area contributed by atoms with E-state index in [1.54, 1.807) is 11.8 Å². The smallest absolute Gasteiger partial charge is 0.230 e. The third-order valence-corrected chi connectivity index (χ3v) is 6.19. The van der Waals surface area contributed by atoms with Crippen LogP contribution in [-0.4, -0.2) is 28.1 Å². The molecule has 0 saturated carbocycles. The predicted octanol–water partition coefficient (Wildman–Crippen LogP) is 6.44. The average molecular weight is 468 g/mol. The molecular weight excluding hydrogens is 438 g/mol. The molecule has 0 atom stereocenters. The maximum Gasteiger partial charge on any atom is 0.230 e. The molecule has 2 aromatic carbocycles. The highest BCUT2D eigenvalue weighted by Gasteiger charge is 2.11. The molecule has 1 aromatic heterocycles. The zero-order valence-electron chi connectivity index (χ0n) is 18.7. The summed E-state index contributed by atoms with van der Waals surface area (Å²) in [4.78, 5) is 20.3. The second-order valence-electron chi connectivity index (χ2n) is 7.65. The molecular formula is C26H30ClN3OS. The number of hydrogen-bond acceptors (Lipinski definition) is 4. The molecule has 32 heavy (non-hydrogen) atoms. The highest BCUT2D eigenvalue weighted by Crippen LogP contribution is 2.24. The van der Waals surface area contributed by atoms with Crippen LogP contribution in [-0.2, 0) is 24.3 Å². The number of aromatic nitrogens is 1. The van der Waals surface area contributed by atoms with Crippen LogP contribution in [0, 0.1) is 0 Å². The molecule has 4 nitrogen and oxygen atoms in total. The number of amides is 1. The van der Waals surface area contributed by atoms with Gasteiger partial charge in [0, 0.05) is 40.6 Å². The summed E-state index contributed by atoms with van der Waals surface area (Å²) in [5.74, 6) is 0.898. The van der Waals surface area contributed by atoms with Crippen LogP contribution in [0.15, 0.2) is 71.8 Å². The van der Waals surface area contributed by atoms with Gasteiger partial charge in [-0.05, 0) is 54.1 Å². The van der Waals surface area contributed by atoms with E-state index in [0.29, 0.717) is 10.7 Å². The molecule has 0 fully saturated rings. The number of halogens is 1. The Bertz CT molecular complexity index is 996. The second-order valence-corrected chi connectivity index (χ2v) is 9.39. The van der Waals surface area contributed by atoms with Crippen LogP contribution in [0.3, 0.4) is 0 Å². The number of thioether (sulfide) groups is 1. The fourth-order valence-corrected chi connectivity index (χ4v) is 4.37. The SMILES string of the molecule is CCCN(Cc1ccccc1)Cc1ccc(NC(=O)Cc2ccc(SCC)cn2)cc1Cl. The van der Waals surface area contributed by atoms with Gasteiger partial charge in [-0.2, -0.15) is 0 Å². The van der Waals surface area contributed by atoms with Gasteiger partial charge in [0.2, 0.25) is 5.91 Å². The number of nitrogens with one attached hydrogen (secondary N) is 1. The predicted molar refractivity (Wildman–Crippen MR) is 135 cm³/mol. The second kappa shape index (κ2) is 12.6. The Morgan fingerprint density at radius 1 is 1.06 bits per heavy atom. The first kappa shape index (κ1) is 24.3. The van der Waals surface area contributed by atoms with Crippen LogP contribution < -0.4 is 5.32 Å². The van der Waals surface area contributed by atoms with E-state index in [4.69, 9.17) is 11.6 Å². The monoisotopic (exact) mass is 467 g/mol. The van der Waals surface area contributed by atoms with Crippen molar-refractivity contribution in [1.29, 1.82) is 0 Å². The van der Waals surface area contributed by atoms with Crippen LogP contribution >= 0.6 is 23.4 Å². The molecule has 0 saturated heterocycles. The third kappa shape index (κ3) is 7.66. The lowest BCUT2D eigenvalue weighted by molar-refractivity contribution is -0.115. The lowest BCUT2D eigenvalue weighted by Crippen LogP contribution is -2.23. The topological polar surface area (TPSA) is 45.2 Å². The van der Waals surface area contributed by atoms with Gasteiger partial charge in [-0.25, -0.2) is 0 Å². The van der Waals surface area contributed by atoms with E-state index >= 15 is 0 Å². The molecule has 0 radical (unpaired) electrons. The molecule has 1 N–H and O–H groups in total. The standard InChI is InChI=1S/C26H30ClN3OS/c1-3-14-30(18-20-8-6-5-7-9-20)19-21-10-11-23(15-25(21)27)29-26(31)16-22-12-13-24(17-28-22)32-4-2/h5-13,15,17H,3-4,14,16,18-19H2,1-2H3,(H,29,31). The summed E-state index contributed by atoms with van der Waals surface area (Å²) in [6.07, 6.45) is 3.13. The number of anilines is 1. The van der Waals surface area contributed by atoms with Gasteiger partial charge in [-0.3, -0.25) is 14.7 Å². The minimum absolute atomic E-state index is 0.103. The fourth-order valence-electron chi connectivity index (χ4n) is 3.50. The van der Waals surface area contributed by atoms with Gasteiger partial charge in [0.25, 0.3) is 0 Å². The Hall–Kier alpha value is -2.34. The van der Waals surface area contributed by atoms with E-state index in [2.05, 4.69) is 53.3 Å². The number of carbonyl (C=O) groups excluding carboxylic acids is 1. The normalized spacial score (nSPS) is 11.0. The Kier molecular flexibility index (Phi) is 9.60. The molecule has 0 unspecified atom stereocenters. The van der Waals surface area contributed by atoms with Crippen molar-refractivity contribution in [2.45, 2.75) is 44.7 Å². The van der Waals surface area contributed by atoms with Gasteiger partial charge >= 0.3 is 0 Å². The molecule has 3 aromatic rings. The number of rotatable bonds is 11. The minimum Gasteiger partial charge on any atom is -0.326 e. The third-order valence-electron chi connectivity index (χ3n) is 4.97. The first-order chi connectivity index (χ1) is 15.6. The van der Waals surface area contributed by atoms with E-state index in [1.165, 1.54) is 5.56 Å². The summed E-state index contributed by atoms with van der Waals surface area (Å²) in [5.41, 5.74) is 3.80. The van der Waals surface area contributed by atoms with E-state index in [1.807, 2.05) is 42.6 Å².